The van der Waals surface area contributed by atoms with Gasteiger partial charge in [-0.1, -0.05) is 134 Å². The van der Waals surface area contributed by atoms with Gasteiger partial charge in [0.2, 0.25) is 30.1 Å². The lowest BCUT2D eigenvalue weighted by Gasteiger charge is -2.21. The van der Waals surface area contributed by atoms with Crippen molar-refractivity contribution in [1.82, 2.24) is 38.0 Å². The molecule has 0 amide bonds. The SMILES string of the molecule is C=CCC1(S(=O)(=O)Nc2cc3ocnc3c(F)c2Cc2ccc(Br)cc2Cl)CC1.C=CCC1(S(=O)(=O)n2c(=O)n(-c3ccc(Br)cc3Cl)c3c(F)c4ncoc4cc32)CC1.O=S(=O)(Nc1cc2ocnc2c(F)c1Cc1ccc(Br)cc1Cl)C1(CC(O)CO)CC1.O=c1[nH]c2cc3ocnc3c(F)c2n1-c1ccc(Br)cc1Cl. The van der Waals surface area contributed by atoms with Gasteiger partial charge in [0.1, 0.15) is 33.1 Å². The van der Waals surface area contributed by atoms with Crippen molar-refractivity contribution in [2.75, 3.05) is 16.1 Å². The zero-order chi connectivity index (χ0) is 80.8. The molecule has 0 saturated heterocycles. The monoisotopic (exact) mass is 1940 g/mol. The highest BCUT2D eigenvalue weighted by atomic mass is 79.9. The molecule has 24 nitrogen and oxygen atoms in total. The molecule has 1 unspecified atom stereocenters. The van der Waals surface area contributed by atoms with E-state index in [4.69, 9.17) is 69.2 Å². The molecule has 3 fully saturated rings. The first-order chi connectivity index (χ1) is 53.7. The molecule has 17 rings (SSSR count). The second-order valence-electron chi connectivity index (χ2n) is 26.8. The highest BCUT2D eigenvalue weighted by molar-refractivity contribution is 9.11. The Hall–Kier alpha value is -8.17. The number of hydrogen-bond acceptors (Lipinski definition) is 18. The average molecular weight is 1940 g/mol. The highest BCUT2D eigenvalue weighted by Crippen LogP contribution is 2.51. The predicted octanol–water partition coefficient (Wildman–Crippen LogP) is 18.6. The van der Waals surface area contributed by atoms with Gasteiger partial charge in [-0.05, 0) is 130 Å². The van der Waals surface area contributed by atoms with E-state index in [-0.39, 0.29) is 120 Å². The van der Waals surface area contributed by atoms with Crippen molar-refractivity contribution in [3.63, 3.8) is 0 Å². The van der Waals surface area contributed by atoms with Crippen molar-refractivity contribution in [2.45, 2.75) is 91.0 Å². The number of fused-ring (bicyclic) bond motifs is 6. The van der Waals surface area contributed by atoms with Gasteiger partial charge in [0, 0.05) is 76.2 Å². The molecule has 0 spiro atoms. The van der Waals surface area contributed by atoms with Gasteiger partial charge in [-0.2, -0.15) is 3.97 Å². The van der Waals surface area contributed by atoms with E-state index in [2.05, 4.69) is 111 Å². The molecular weight excluding hydrogens is 1890 g/mol. The van der Waals surface area contributed by atoms with Gasteiger partial charge in [-0.3, -0.25) is 18.6 Å². The lowest BCUT2D eigenvalue weighted by Crippen LogP contribution is -2.37. The number of H-pyrrole nitrogens is 1. The molecule has 39 heteroatoms. The third kappa shape index (κ3) is 15.4. The van der Waals surface area contributed by atoms with Crippen LogP contribution in [0.2, 0.25) is 20.1 Å². The summed E-state index contributed by atoms with van der Waals surface area (Å²) in [6.45, 7) is 6.75. The van der Waals surface area contributed by atoms with Crippen LogP contribution in [0.1, 0.15) is 80.0 Å². The van der Waals surface area contributed by atoms with Crippen molar-refractivity contribution >= 4 is 218 Å². The number of nitrogens with zero attached hydrogens (tertiary/aromatic N) is 7. The second-order valence-corrected chi connectivity index (χ2v) is 38.5. The quantitative estimate of drug-likeness (QED) is 0.0329. The van der Waals surface area contributed by atoms with Crippen molar-refractivity contribution in [2.24, 2.45) is 0 Å². The minimum absolute atomic E-state index is 0.0111. The van der Waals surface area contributed by atoms with Gasteiger partial charge in [0.25, 0.3) is 0 Å². The van der Waals surface area contributed by atoms with E-state index in [1.165, 1.54) is 47.0 Å². The Morgan fingerprint density at radius 2 is 0.920 bits per heavy atom. The Bertz CT molecular complexity index is 6720. The van der Waals surface area contributed by atoms with Crippen molar-refractivity contribution < 1.29 is 70.7 Å². The van der Waals surface area contributed by atoms with Gasteiger partial charge in [-0.15, -0.1) is 13.2 Å². The standard InChI is InChI=1S/C20H14BrClFN3O4S.C20H19BrClFN2O5S.C20H17BrClFN2O3S.C14H6BrClFN3O2/c1-2-5-20(6-7-20)31(28,29)26-14-9-15-17(24-10-30-15)16(23)18(14)25(19(26)27)13-4-3-11(21)8-12(13)22;21-12-2-1-11(15(22)6-12)5-14-16(7-17-19(18(14)23)24-10-30-17)25-31(28,29)20(3-4-20)8-13(27)9-26;1-2-5-20(6-7-20)29(26,27)25-16-10-17-19(24-11-28-17)18(23)14(16)8-12-3-4-13(21)9-15(12)22;15-6-1-2-9(7(16)3-6)20-13-8(19-14(20)21)4-10-12(11(13)17)18-5-22-10/h2-4,8-10H,1,5-7H2;1-2,6-7,10,13,25-27H,3-5,8-9H2;2-4,9-11,25H,1,5-8H2;1-5H,(H,19,21). The number of hydrogen-bond donors (Lipinski definition) is 5. The number of aromatic amines is 1. The Labute approximate surface area is 691 Å². The second kappa shape index (κ2) is 31.5. The van der Waals surface area contributed by atoms with Gasteiger partial charge >= 0.3 is 11.4 Å². The number of aliphatic hydroxyl groups excluding tert-OH is 2. The summed E-state index contributed by atoms with van der Waals surface area (Å²) in [5, 5.41) is 20.2. The molecule has 3 aliphatic carbocycles. The van der Waals surface area contributed by atoms with E-state index in [1.54, 1.807) is 66.7 Å². The number of oxazole rings is 4. The number of benzene rings is 8. The molecule has 8 aromatic carbocycles. The zero-order valence-electron chi connectivity index (χ0n) is 57.9. The normalized spacial score (nSPS) is 15.0. The minimum atomic E-state index is -4.19. The number of nitrogens with one attached hydrogen (secondary N) is 3. The number of sulfonamides is 2. The number of imidazole rings is 2. The lowest BCUT2D eigenvalue weighted by molar-refractivity contribution is 0.0858. The number of halogens is 12. The first-order valence-corrected chi connectivity index (χ1v) is 42.8. The maximum Gasteiger partial charge on any atom is 0.347 e. The Balaban J connectivity index is 0.000000126. The fourth-order valence-electron chi connectivity index (χ4n) is 13.3. The first-order valence-electron chi connectivity index (χ1n) is 33.7. The summed E-state index contributed by atoms with van der Waals surface area (Å²) in [5.74, 6) is -2.86. The van der Waals surface area contributed by atoms with Crippen LogP contribution >= 0.6 is 110 Å². The highest BCUT2D eigenvalue weighted by Gasteiger charge is 2.57. The molecule has 5 N–H and O–H groups in total. The number of aromatic nitrogens is 8. The third-order valence-corrected chi connectivity index (χ3v) is 29.8. The summed E-state index contributed by atoms with van der Waals surface area (Å²) in [5.41, 5.74) is 1.27. The molecule has 3 aliphatic rings. The molecule has 1 atom stereocenters. The van der Waals surface area contributed by atoms with E-state index in [0.29, 0.717) is 90.8 Å². The molecular formula is C74H56Br4Cl4F4N10O14S3. The molecule has 0 bridgehead atoms. The maximum atomic E-state index is 15.5. The average Bonchev–Trinajstić information content (AvgIpc) is 1.53. The fraction of sp³-hybridized carbons (Fsp3) is 0.216. The first kappa shape index (κ1) is 81.4. The number of aliphatic hydroxyl groups is 2. The van der Waals surface area contributed by atoms with E-state index in [1.807, 2.05) is 0 Å². The van der Waals surface area contributed by atoms with Crippen LogP contribution < -0.4 is 20.8 Å². The summed E-state index contributed by atoms with van der Waals surface area (Å²) in [6.07, 6.45) is 9.39. The largest absolute Gasteiger partial charge is 0.443 e. The smallest absolute Gasteiger partial charge is 0.347 e. The van der Waals surface area contributed by atoms with Gasteiger partial charge < -0.3 is 32.9 Å². The van der Waals surface area contributed by atoms with Crippen LogP contribution in [0.25, 0.3) is 77.8 Å². The van der Waals surface area contributed by atoms with Crippen molar-refractivity contribution in [3.8, 4) is 11.4 Å². The number of allylic oxidation sites excluding steroid dienone is 2. The van der Waals surface area contributed by atoms with Crippen LogP contribution in [-0.4, -0.2) is 100 Å². The summed E-state index contributed by atoms with van der Waals surface area (Å²) >= 11 is 38.4. The van der Waals surface area contributed by atoms with Crippen LogP contribution in [0.5, 0.6) is 0 Å². The van der Waals surface area contributed by atoms with E-state index in [0.717, 1.165) is 43.6 Å². The van der Waals surface area contributed by atoms with Crippen molar-refractivity contribution in [1.29, 1.82) is 0 Å². The third-order valence-electron chi connectivity index (χ3n) is 19.6. The summed E-state index contributed by atoms with van der Waals surface area (Å²) in [7, 11) is -11.9. The number of rotatable bonds is 21. The number of anilines is 2. The maximum absolute atomic E-state index is 15.5. The molecule has 6 aromatic heterocycles. The molecule has 14 aromatic rings. The fourth-order valence-corrected chi connectivity index (χ4v) is 21.7. The van der Waals surface area contributed by atoms with Crippen LogP contribution in [0.15, 0.2) is 193 Å². The van der Waals surface area contributed by atoms with E-state index >= 15 is 13.2 Å². The van der Waals surface area contributed by atoms with Crippen LogP contribution in [-0.2, 0) is 42.9 Å². The minimum Gasteiger partial charge on any atom is -0.443 e. The summed E-state index contributed by atoms with van der Waals surface area (Å²) in [4.78, 5) is 43.9. The van der Waals surface area contributed by atoms with Gasteiger partial charge in [-0.25, -0.2) is 72.3 Å². The van der Waals surface area contributed by atoms with Crippen LogP contribution in [0.3, 0.4) is 0 Å². The molecule has 588 valence electrons. The Morgan fingerprint density at radius 3 is 1.35 bits per heavy atom. The molecule has 6 heterocycles. The van der Waals surface area contributed by atoms with E-state index in [9.17, 15) is 44.3 Å². The Morgan fingerprint density at radius 1 is 0.531 bits per heavy atom. The topological polar surface area (TPSA) is 336 Å². The van der Waals surface area contributed by atoms with Gasteiger partial charge in [0.05, 0.1) is 70.8 Å². The zero-order valence-corrected chi connectivity index (χ0v) is 69.7. The molecule has 3 saturated carbocycles. The summed E-state index contributed by atoms with van der Waals surface area (Å²) in [6, 6.07) is 25.8. The molecule has 113 heavy (non-hydrogen) atoms. The van der Waals surface area contributed by atoms with Crippen LogP contribution in [0, 0.1) is 23.3 Å². The van der Waals surface area contributed by atoms with Crippen LogP contribution in [0.4, 0.5) is 28.9 Å². The van der Waals surface area contributed by atoms with Gasteiger partial charge in [0.15, 0.2) is 71.2 Å². The Kier molecular flexibility index (Phi) is 22.7. The molecule has 0 aliphatic heterocycles. The van der Waals surface area contributed by atoms with E-state index < -0.39 is 91.7 Å². The summed E-state index contributed by atoms with van der Waals surface area (Å²) < 4.78 is 169. The molecule has 0 radical (unpaired) electrons. The van der Waals surface area contributed by atoms with Crippen molar-refractivity contribution in [3.05, 3.63) is 252 Å². The lowest BCUT2D eigenvalue weighted by atomic mass is 10.0. The predicted molar refractivity (Wildman–Crippen MR) is 436 cm³/mol.